The average Bonchev–Trinajstić information content (AvgIpc) is 2.06. The second-order valence-corrected chi connectivity index (χ2v) is 4.35. The van der Waals surface area contributed by atoms with Gasteiger partial charge in [-0.3, -0.25) is 0 Å². The van der Waals surface area contributed by atoms with Crippen LogP contribution in [0.4, 0.5) is 0 Å². The topological polar surface area (TPSA) is 0 Å². The molecule has 0 fully saturated rings. The van der Waals surface area contributed by atoms with Gasteiger partial charge in [-0.15, -0.1) is 0 Å². The third-order valence-corrected chi connectivity index (χ3v) is 4.02. The maximum atomic E-state index is 4.11. The molecule has 0 aromatic carbocycles. The Morgan fingerprint density at radius 3 is 1.55 bits per heavy atom. The second-order valence-electron chi connectivity index (χ2n) is 3.80. The Morgan fingerprint density at radius 2 is 1.45 bits per heavy atom. The first-order valence-electron chi connectivity index (χ1n) is 3.93. The van der Waals surface area contributed by atoms with Gasteiger partial charge < -0.3 is 0 Å². The number of rotatable bonds is 0. The quantitative estimate of drug-likeness (QED) is 0.516. The Morgan fingerprint density at radius 1 is 1.00 bits per heavy atom. The molecule has 0 heterocycles. The Balaban J connectivity index is 3.27. The van der Waals surface area contributed by atoms with Gasteiger partial charge in [0.1, 0.15) is 0 Å². The fraction of sp³-hybridized carbons (Fsp3) is 0.600. The molecule has 11 heavy (non-hydrogen) atoms. The first-order valence-corrected chi connectivity index (χ1v) is 4.48. The van der Waals surface area contributed by atoms with Crippen molar-refractivity contribution in [1.82, 2.24) is 0 Å². The van der Waals surface area contributed by atoms with Crippen LogP contribution < -0.4 is 0 Å². The Hall–Kier alpha value is -0.000519. The van der Waals surface area contributed by atoms with E-state index in [0.717, 1.165) is 0 Å². The van der Waals surface area contributed by atoms with Crippen LogP contribution in [0.15, 0.2) is 21.2 Å². The summed E-state index contributed by atoms with van der Waals surface area (Å²) in [4.78, 5) is 0. The molecule has 0 bridgehead atoms. The molecule has 0 amide bonds. The van der Waals surface area contributed by atoms with Crippen LogP contribution in [0.1, 0.15) is 34.6 Å². The van der Waals surface area contributed by atoms with Gasteiger partial charge in [-0.25, -0.2) is 0 Å². The van der Waals surface area contributed by atoms with Crippen molar-refractivity contribution in [3.8, 4) is 0 Å². The summed E-state index contributed by atoms with van der Waals surface area (Å²) in [7, 11) is 0. The van der Waals surface area contributed by atoms with Gasteiger partial charge in [0.05, 0.1) is 0 Å². The van der Waals surface area contributed by atoms with E-state index in [9.17, 15) is 0 Å². The van der Waals surface area contributed by atoms with Crippen molar-refractivity contribution >= 4 is 0 Å². The van der Waals surface area contributed by atoms with E-state index >= 15 is 0 Å². The predicted molar refractivity (Wildman–Crippen MR) is 44.9 cm³/mol. The molecule has 0 N–H and O–H groups in total. The SMILES string of the molecule is CC1=C(C)C(C)(C)[C]([Fe])=C1C. The summed E-state index contributed by atoms with van der Waals surface area (Å²) in [5.74, 6) is 0. The minimum atomic E-state index is 0.203. The van der Waals surface area contributed by atoms with Gasteiger partial charge >= 0.3 is 77.2 Å². The molecule has 1 aliphatic rings. The van der Waals surface area contributed by atoms with Crippen LogP contribution in [0, 0.1) is 5.41 Å². The van der Waals surface area contributed by atoms with Crippen molar-refractivity contribution in [1.29, 1.82) is 0 Å². The Labute approximate surface area is 77.6 Å². The molecular formula is C10H15Fe. The molecule has 0 saturated heterocycles. The zero-order valence-corrected chi connectivity index (χ0v) is 8.96. The number of hydrogen-bond donors (Lipinski definition) is 0. The van der Waals surface area contributed by atoms with E-state index in [0.29, 0.717) is 0 Å². The zero-order chi connectivity index (χ0) is 8.81. The van der Waals surface area contributed by atoms with Crippen LogP contribution in [-0.4, -0.2) is 0 Å². The fourth-order valence-corrected chi connectivity index (χ4v) is 1.95. The minimum absolute atomic E-state index is 0.203. The normalized spacial score (nSPS) is 23.5. The van der Waals surface area contributed by atoms with Crippen molar-refractivity contribution in [2.24, 2.45) is 5.41 Å². The van der Waals surface area contributed by atoms with Crippen LogP contribution in [0.5, 0.6) is 0 Å². The number of hydrogen-bond acceptors (Lipinski definition) is 0. The molecule has 0 spiro atoms. The van der Waals surface area contributed by atoms with E-state index in [-0.39, 0.29) is 5.41 Å². The molecule has 0 unspecified atom stereocenters. The third-order valence-electron chi connectivity index (χ3n) is 2.92. The summed E-state index contributed by atoms with van der Waals surface area (Å²) in [6.45, 7) is 11.0. The Kier molecular flexibility index (Phi) is 2.07. The zero-order valence-electron chi connectivity index (χ0n) is 7.85. The van der Waals surface area contributed by atoms with Crippen molar-refractivity contribution in [2.75, 3.05) is 0 Å². The van der Waals surface area contributed by atoms with Crippen molar-refractivity contribution in [3.63, 3.8) is 0 Å². The molecule has 0 aromatic heterocycles. The van der Waals surface area contributed by atoms with Crippen LogP contribution >= 0.6 is 0 Å². The fourth-order valence-electron chi connectivity index (χ4n) is 1.54. The van der Waals surface area contributed by atoms with Crippen LogP contribution in [-0.2, 0) is 16.0 Å². The summed E-state index contributed by atoms with van der Waals surface area (Å²) >= 11 is 4.11. The standard InChI is InChI=1S/C10H15.Fe/c1-7-6-10(4,5)9(3)8(7)2;/h1-5H3;. The van der Waals surface area contributed by atoms with Crippen molar-refractivity contribution < 1.29 is 16.0 Å². The van der Waals surface area contributed by atoms with E-state index in [1.54, 1.807) is 0 Å². The summed E-state index contributed by atoms with van der Waals surface area (Å²) in [6, 6.07) is 0. The Bertz CT molecular complexity index is 228. The van der Waals surface area contributed by atoms with Crippen LogP contribution in [0.3, 0.4) is 0 Å². The van der Waals surface area contributed by atoms with E-state index in [1.807, 2.05) is 0 Å². The molecular weight excluding hydrogens is 176 g/mol. The van der Waals surface area contributed by atoms with Crippen molar-refractivity contribution in [3.05, 3.63) is 21.2 Å². The summed E-state index contributed by atoms with van der Waals surface area (Å²) < 4.78 is 1.28. The maximum absolute atomic E-state index is 4.11. The molecule has 0 atom stereocenters. The van der Waals surface area contributed by atoms with Gasteiger partial charge in [0.2, 0.25) is 0 Å². The molecule has 1 heteroatoms. The summed E-state index contributed by atoms with van der Waals surface area (Å²) in [5.41, 5.74) is 4.49. The van der Waals surface area contributed by atoms with Crippen LogP contribution in [0.2, 0.25) is 0 Å². The molecule has 0 nitrogen and oxygen atoms in total. The van der Waals surface area contributed by atoms with Gasteiger partial charge in [-0.2, -0.15) is 0 Å². The monoisotopic (exact) mass is 191 g/mol. The van der Waals surface area contributed by atoms with Gasteiger partial charge in [0.15, 0.2) is 0 Å². The molecule has 0 radical (unpaired) electrons. The third kappa shape index (κ3) is 1.11. The van der Waals surface area contributed by atoms with E-state index in [4.69, 9.17) is 0 Å². The number of allylic oxidation sites excluding steroid dienone is 4. The summed E-state index contributed by atoms with van der Waals surface area (Å²) in [6.07, 6.45) is 0. The van der Waals surface area contributed by atoms with E-state index in [2.05, 4.69) is 50.6 Å². The molecule has 0 aliphatic heterocycles. The van der Waals surface area contributed by atoms with Gasteiger partial charge in [-0.1, -0.05) is 0 Å². The molecule has 1 rings (SSSR count). The van der Waals surface area contributed by atoms with Gasteiger partial charge in [0, 0.05) is 0 Å². The van der Waals surface area contributed by atoms with Crippen LogP contribution in [0.25, 0.3) is 0 Å². The van der Waals surface area contributed by atoms with E-state index in [1.165, 1.54) is 21.2 Å². The summed E-state index contributed by atoms with van der Waals surface area (Å²) in [5, 5.41) is 0. The molecule has 1 aliphatic carbocycles. The van der Waals surface area contributed by atoms with Gasteiger partial charge in [-0.05, 0) is 0 Å². The van der Waals surface area contributed by atoms with E-state index < -0.39 is 0 Å². The predicted octanol–water partition coefficient (Wildman–Crippen LogP) is 3.18. The average molecular weight is 191 g/mol. The molecule has 0 aromatic rings. The van der Waals surface area contributed by atoms with Crippen molar-refractivity contribution in [2.45, 2.75) is 34.6 Å². The van der Waals surface area contributed by atoms with Gasteiger partial charge in [0.25, 0.3) is 0 Å². The molecule has 63 valence electrons. The first kappa shape index (κ1) is 9.09. The second kappa shape index (κ2) is 2.50. The molecule has 0 saturated carbocycles. The first-order chi connectivity index (χ1) is 4.89.